The standard InChI is InChI=1S/C32H46ClN5O7/c1-31(2,3)26(37-30(43)45-32(4,5)6)29(42)38-17-21(44-24-13-10-19(33)16-34-24)15-23(38)27(40)36-22(14-18-8-7-9-18)25(39)28(41)35-20-11-12-20/h10,13,16,18,20-23,26H,7-9,11-12,14-15,17H2,1-6H3,(H,35,41)(H,36,40)(H,37,43)/t21-,22+,23+,26-/m1/s1. The Morgan fingerprint density at radius 3 is 2.24 bits per heavy atom. The maximum atomic E-state index is 14.2. The molecule has 4 atom stereocenters. The fraction of sp³-hybridized carbons (Fsp3) is 0.688. The molecule has 0 aromatic carbocycles. The number of ether oxygens (including phenoxy) is 2. The number of rotatable bonds is 11. The molecule has 1 aromatic rings. The minimum Gasteiger partial charge on any atom is -0.472 e. The van der Waals surface area contributed by atoms with Crippen molar-refractivity contribution in [1.29, 1.82) is 0 Å². The molecule has 1 aliphatic heterocycles. The van der Waals surface area contributed by atoms with Gasteiger partial charge in [-0.15, -0.1) is 0 Å². The molecule has 248 valence electrons. The maximum absolute atomic E-state index is 14.2. The van der Waals surface area contributed by atoms with Crippen molar-refractivity contribution in [2.45, 2.75) is 122 Å². The first kappa shape index (κ1) is 34.5. The third-order valence-electron chi connectivity index (χ3n) is 8.17. The monoisotopic (exact) mass is 647 g/mol. The van der Waals surface area contributed by atoms with Crippen molar-refractivity contribution in [2.24, 2.45) is 11.3 Å². The van der Waals surface area contributed by atoms with Gasteiger partial charge in [0.05, 0.1) is 17.6 Å². The van der Waals surface area contributed by atoms with E-state index in [1.165, 1.54) is 11.1 Å². The van der Waals surface area contributed by atoms with E-state index in [-0.39, 0.29) is 30.8 Å². The third-order valence-corrected chi connectivity index (χ3v) is 8.40. The van der Waals surface area contributed by atoms with Gasteiger partial charge in [-0.25, -0.2) is 9.78 Å². The lowest BCUT2D eigenvalue weighted by Crippen LogP contribution is -2.59. The van der Waals surface area contributed by atoms with E-state index in [0.29, 0.717) is 11.4 Å². The van der Waals surface area contributed by atoms with Crippen LogP contribution in [0.5, 0.6) is 5.88 Å². The summed E-state index contributed by atoms with van der Waals surface area (Å²) in [5.74, 6) is -1.96. The van der Waals surface area contributed by atoms with Crippen molar-refractivity contribution >= 4 is 41.2 Å². The Morgan fingerprint density at radius 2 is 1.71 bits per heavy atom. The molecule has 45 heavy (non-hydrogen) atoms. The van der Waals surface area contributed by atoms with Crippen LogP contribution in [0.4, 0.5) is 4.79 Å². The van der Waals surface area contributed by atoms with Crippen LogP contribution in [-0.4, -0.2) is 81.9 Å². The Bertz CT molecular complexity index is 1270. The summed E-state index contributed by atoms with van der Waals surface area (Å²) in [6.07, 6.45) is 5.03. The van der Waals surface area contributed by atoms with Crippen molar-refractivity contribution in [3.63, 3.8) is 0 Å². The highest BCUT2D eigenvalue weighted by atomic mass is 35.5. The van der Waals surface area contributed by atoms with Crippen LogP contribution in [0.2, 0.25) is 5.02 Å². The van der Waals surface area contributed by atoms with Crippen LogP contribution in [-0.2, 0) is 23.9 Å². The van der Waals surface area contributed by atoms with Crippen LogP contribution < -0.4 is 20.7 Å². The van der Waals surface area contributed by atoms with Gasteiger partial charge in [0.25, 0.3) is 5.91 Å². The van der Waals surface area contributed by atoms with Gasteiger partial charge >= 0.3 is 6.09 Å². The first-order chi connectivity index (χ1) is 21.0. The number of pyridine rings is 1. The van der Waals surface area contributed by atoms with E-state index in [1.807, 2.05) is 0 Å². The van der Waals surface area contributed by atoms with E-state index >= 15 is 0 Å². The summed E-state index contributed by atoms with van der Waals surface area (Å²) in [5, 5.41) is 8.67. The number of carbonyl (C=O) groups is 5. The molecular weight excluding hydrogens is 602 g/mol. The van der Waals surface area contributed by atoms with Crippen LogP contribution in [0.15, 0.2) is 18.3 Å². The molecule has 4 amide bonds. The zero-order valence-electron chi connectivity index (χ0n) is 27.0. The Kier molecular flexibility index (Phi) is 10.7. The molecule has 1 aromatic heterocycles. The molecule has 1 saturated heterocycles. The highest BCUT2D eigenvalue weighted by Gasteiger charge is 2.47. The summed E-state index contributed by atoms with van der Waals surface area (Å²) in [6, 6.07) is 0.103. The number of likely N-dealkylation sites (tertiary alicyclic amines) is 1. The molecule has 2 saturated carbocycles. The van der Waals surface area contributed by atoms with Crippen molar-refractivity contribution in [3.8, 4) is 5.88 Å². The van der Waals surface area contributed by atoms with Crippen LogP contribution in [0.25, 0.3) is 0 Å². The summed E-state index contributed by atoms with van der Waals surface area (Å²) in [5.41, 5.74) is -1.54. The van der Waals surface area contributed by atoms with Gasteiger partial charge in [0, 0.05) is 24.7 Å². The van der Waals surface area contributed by atoms with Gasteiger partial charge in [0.2, 0.25) is 23.5 Å². The molecule has 0 spiro atoms. The number of ketones is 1. The van der Waals surface area contributed by atoms with E-state index in [0.717, 1.165) is 32.1 Å². The van der Waals surface area contributed by atoms with Crippen LogP contribution >= 0.6 is 11.6 Å². The van der Waals surface area contributed by atoms with Crippen LogP contribution in [0, 0.1) is 11.3 Å². The molecular formula is C32H46ClN5O7. The van der Waals surface area contributed by atoms with Crippen molar-refractivity contribution in [3.05, 3.63) is 23.4 Å². The lowest BCUT2D eigenvalue weighted by molar-refractivity contribution is -0.144. The summed E-state index contributed by atoms with van der Waals surface area (Å²) in [4.78, 5) is 72.4. The lowest BCUT2D eigenvalue weighted by atomic mass is 9.80. The lowest BCUT2D eigenvalue weighted by Gasteiger charge is -2.36. The number of hydrogen-bond donors (Lipinski definition) is 3. The SMILES string of the molecule is CC(C)(C)OC(=O)N[C@H](C(=O)N1C[C@H](Oc2ccc(Cl)cn2)C[C@H]1C(=O)N[C@@H](CC1CCC1)C(=O)C(=O)NC1CC1)C(C)(C)C. The van der Waals surface area contributed by atoms with Gasteiger partial charge in [0.1, 0.15) is 23.8 Å². The molecule has 0 bridgehead atoms. The van der Waals surface area contributed by atoms with Gasteiger partial charge in [-0.05, 0) is 57.4 Å². The number of alkyl carbamates (subject to hydrolysis) is 1. The number of aromatic nitrogens is 1. The molecule has 2 aliphatic carbocycles. The second-order valence-electron chi connectivity index (χ2n) is 14.4. The predicted molar refractivity (Wildman–Crippen MR) is 166 cm³/mol. The van der Waals surface area contributed by atoms with E-state index in [2.05, 4.69) is 20.9 Å². The van der Waals surface area contributed by atoms with Gasteiger partial charge in [-0.2, -0.15) is 0 Å². The summed E-state index contributed by atoms with van der Waals surface area (Å²) >= 11 is 5.97. The molecule has 13 heteroatoms. The highest BCUT2D eigenvalue weighted by molar-refractivity contribution is 6.38. The van der Waals surface area contributed by atoms with Gasteiger partial charge in [-0.3, -0.25) is 19.2 Å². The topological polar surface area (TPSA) is 156 Å². The van der Waals surface area contributed by atoms with Crippen molar-refractivity contribution in [2.75, 3.05) is 6.54 Å². The highest BCUT2D eigenvalue weighted by Crippen LogP contribution is 2.32. The largest absolute Gasteiger partial charge is 0.472 e. The minimum absolute atomic E-state index is 0.00404. The Balaban J connectivity index is 1.57. The first-order valence-corrected chi connectivity index (χ1v) is 16.1. The molecule has 2 heterocycles. The fourth-order valence-electron chi connectivity index (χ4n) is 5.42. The Morgan fingerprint density at radius 1 is 1.02 bits per heavy atom. The van der Waals surface area contributed by atoms with E-state index in [4.69, 9.17) is 21.1 Å². The maximum Gasteiger partial charge on any atom is 0.408 e. The average molecular weight is 648 g/mol. The molecule has 3 fully saturated rings. The van der Waals surface area contributed by atoms with E-state index < -0.39 is 64.8 Å². The zero-order valence-corrected chi connectivity index (χ0v) is 27.7. The van der Waals surface area contributed by atoms with Crippen LogP contribution in [0.3, 0.4) is 0 Å². The third kappa shape index (κ3) is 9.79. The number of carbonyl (C=O) groups excluding carboxylic acids is 5. The number of nitrogens with zero attached hydrogens (tertiary/aromatic N) is 2. The number of halogens is 1. The molecule has 0 radical (unpaired) electrons. The summed E-state index contributed by atoms with van der Waals surface area (Å²) in [6.45, 7) is 10.6. The van der Waals surface area contributed by atoms with Gasteiger partial charge in [-0.1, -0.05) is 51.6 Å². The predicted octanol–water partition coefficient (Wildman–Crippen LogP) is 3.55. The Hall–Kier alpha value is -3.41. The smallest absolute Gasteiger partial charge is 0.408 e. The Labute approximate surface area is 269 Å². The summed E-state index contributed by atoms with van der Waals surface area (Å²) < 4.78 is 11.5. The molecule has 12 nitrogen and oxygen atoms in total. The molecule has 3 N–H and O–H groups in total. The number of nitrogens with one attached hydrogen (secondary N) is 3. The van der Waals surface area contributed by atoms with E-state index in [1.54, 1.807) is 53.7 Å². The van der Waals surface area contributed by atoms with Crippen molar-refractivity contribution < 1.29 is 33.4 Å². The normalized spacial score (nSPS) is 21.6. The quantitative estimate of drug-likeness (QED) is 0.308. The van der Waals surface area contributed by atoms with Crippen LogP contribution in [0.1, 0.15) is 86.5 Å². The van der Waals surface area contributed by atoms with Gasteiger partial charge in [0.15, 0.2) is 0 Å². The number of hydrogen-bond acceptors (Lipinski definition) is 8. The fourth-order valence-corrected chi connectivity index (χ4v) is 5.53. The van der Waals surface area contributed by atoms with Crippen molar-refractivity contribution in [1.82, 2.24) is 25.8 Å². The average Bonchev–Trinajstić information content (AvgIpc) is 3.62. The van der Waals surface area contributed by atoms with Gasteiger partial charge < -0.3 is 30.3 Å². The first-order valence-electron chi connectivity index (χ1n) is 15.7. The molecule has 3 aliphatic rings. The number of Topliss-reactive ketones (excluding diaryl/α,β-unsaturated/α-hetero) is 1. The van der Waals surface area contributed by atoms with E-state index in [9.17, 15) is 24.0 Å². The second kappa shape index (κ2) is 13.9. The second-order valence-corrected chi connectivity index (χ2v) is 14.9. The summed E-state index contributed by atoms with van der Waals surface area (Å²) in [7, 11) is 0. The molecule has 4 rings (SSSR count). The number of amides is 4. The zero-order chi connectivity index (χ0) is 33.1. The minimum atomic E-state index is -1.05. The molecule has 0 unspecified atom stereocenters.